The molecule has 0 saturated carbocycles. The smallest absolute Gasteiger partial charge is 0.253 e. The van der Waals surface area contributed by atoms with E-state index in [1.807, 2.05) is 51.1 Å². The molecule has 3 heteroatoms. The number of carbonyl (C=O) groups is 1. The first kappa shape index (κ1) is 16.0. The number of hydrogen-bond acceptors (Lipinski definition) is 2. The summed E-state index contributed by atoms with van der Waals surface area (Å²) in [6.45, 7) is 10.2. The van der Waals surface area contributed by atoms with Crippen LogP contribution in [0.3, 0.4) is 0 Å². The summed E-state index contributed by atoms with van der Waals surface area (Å²) in [6, 6.07) is 7.59. The Morgan fingerprint density at radius 2 is 1.95 bits per heavy atom. The van der Waals surface area contributed by atoms with E-state index in [0.29, 0.717) is 24.3 Å². The zero-order chi connectivity index (χ0) is 15.1. The predicted octanol–water partition coefficient (Wildman–Crippen LogP) is 3.91. The highest BCUT2D eigenvalue weighted by molar-refractivity contribution is 5.94. The Morgan fingerprint density at radius 3 is 2.50 bits per heavy atom. The van der Waals surface area contributed by atoms with Gasteiger partial charge >= 0.3 is 0 Å². The van der Waals surface area contributed by atoms with Crippen LogP contribution in [0.2, 0.25) is 0 Å². The van der Waals surface area contributed by atoms with Gasteiger partial charge in [0.15, 0.2) is 0 Å². The van der Waals surface area contributed by atoms with Crippen molar-refractivity contribution >= 4 is 5.91 Å². The van der Waals surface area contributed by atoms with E-state index >= 15 is 0 Å². The van der Waals surface area contributed by atoms with Crippen molar-refractivity contribution in [1.29, 1.82) is 0 Å². The second-order valence-corrected chi connectivity index (χ2v) is 4.88. The lowest BCUT2D eigenvalue weighted by molar-refractivity contribution is 0.0792. The highest BCUT2D eigenvalue weighted by atomic mass is 16.5. The molecule has 1 aromatic rings. The van der Waals surface area contributed by atoms with E-state index in [0.717, 1.165) is 11.3 Å². The molecule has 0 spiro atoms. The SMILES string of the molecule is C=C(CCN(C)C(=O)c1ccc(C)cc1)O/C(C)=C\C. The molecule has 0 radical (unpaired) electrons. The number of carbonyl (C=O) groups excluding carboxylic acids is 1. The van der Waals surface area contributed by atoms with Crippen molar-refractivity contribution < 1.29 is 9.53 Å². The zero-order valence-corrected chi connectivity index (χ0v) is 12.8. The van der Waals surface area contributed by atoms with Crippen molar-refractivity contribution in [3.05, 3.63) is 59.6 Å². The maximum Gasteiger partial charge on any atom is 0.253 e. The van der Waals surface area contributed by atoms with E-state index < -0.39 is 0 Å². The van der Waals surface area contributed by atoms with Gasteiger partial charge in [-0.3, -0.25) is 4.79 Å². The van der Waals surface area contributed by atoms with E-state index in [-0.39, 0.29) is 5.91 Å². The van der Waals surface area contributed by atoms with Gasteiger partial charge in [0.2, 0.25) is 0 Å². The van der Waals surface area contributed by atoms with E-state index in [9.17, 15) is 4.79 Å². The quantitative estimate of drug-likeness (QED) is 0.735. The van der Waals surface area contributed by atoms with Gasteiger partial charge in [-0.05, 0) is 39.0 Å². The predicted molar refractivity (Wildman–Crippen MR) is 82.4 cm³/mol. The molecule has 20 heavy (non-hydrogen) atoms. The lowest BCUT2D eigenvalue weighted by Gasteiger charge is -2.18. The van der Waals surface area contributed by atoms with Gasteiger partial charge in [-0.25, -0.2) is 0 Å². The van der Waals surface area contributed by atoms with Gasteiger partial charge in [-0.2, -0.15) is 0 Å². The minimum atomic E-state index is 0.0144. The van der Waals surface area contributed by atoms with Crippen LogP contribution in [0.1, 0.15) is 36.2 Å². The van der Waals surface area contributed by atoms with Gasteiger partial charge in [-0.15, -0.1) is 0 Å². The van der Waals surface area contributed by atoms with Crippen LogP contribution in [-0.4, -0.2) is 24.4 Å². The van der Waals surface area contributed by atoms with E-state index in [1.54, 1.807) is 11.9 Å². The standard InChI is InChI=1S/C17H23NO2/c1-6-14(3)20-15(4)11-12-18(5)17(19)16-9-7-13(2)8-10-16/h6-10H,4,11-12H2,1-3,5H3/b14-6-. The minimum absolute atomic E-state index is 0.0144. The molecule has 108 valence electrons. The Morgan fingerprint density at radius 1 is 1.35 bits per heavy atom. The third-order valence-electron chi connectivity index (χ3n) is 3.08. The van der Waals surface area contributed by atoms with Crippen molar-refractivity contribution in [3.63, 3.8) is 0 Å². The summed E-state index contributed by atoms with van der Waals surface area (Å²) in [5, 5.41) is 0. The molecule has 0 aliphatic rings. The summed E-state index contributed by atoms with van der Waals surface area (Å²) in [5.74, 6) is 1.51. The molecular formula is C17H23NO2. The van der Waals surface area contributed by atoms with E-state index in [4.69, 9.17) is 4.74 Å². The number of nitrogens with zero attached hydrogens (tertiary/aromatic N) is 1. The molecular weight excluding hydrogens is 250 g/mol. The lowest BCUT2D eigenvalue weighted by Crippen LogP contribution is -2.28. The van der Waals surface area contributed by atoms with Gasteiger partial charge in [0.05, 0.1) is 11.5 Å². The van der Waals surface area contributed by atoms with E-state index in [2.05, 4.69) is 6.58 Å². The summed E-state index contributed by atoms with van der Waals surface area (Å²) in [5.41, 5.74) is 1.85. The van der Waals surface area contributed by atoms with Crippen molar-refractivity contribution in [3.8, 4) is 0 Å². The minimum Gasteiger partial charge on any atom is -0.467 e. The molecule has 0 unspecified atom stereocenters. The van der Waals surface area contributed by atoms with Crippen LogP contribution in [0.15, 0.2) is 48.4 Å². The topological polar surface area (TPSA) is 29.5 Å². The van der Waals surface area contributed by atoms with Crippen molar-refractivity contribution in [1.82, 2.24) is 4.90 Å². The fourth-order valence-corrected chi connectivity index (χ4v) is 1.65. The normalized spacial score (nSPS) is 11.1. The van der Waals surface area contributed by atoms with Crippen LogP contribution < -0.4 is 0 Å². The average molecular weight is 273 g/mol. The molecule has 0 atom stereocenters. The second-order valence-electron chi connectivity index (χ2n) is 4.88. The Balaban J connectivity index is 2.50. The van der Waals surface area contributed by atoms with Crippen LogP contribution in [0, 0.1) is 6.92 Å². The first-order valence-corrected chi connectivity index (χ1v) is 6.74. The van der Waals surface area contributed by atoms with Crippen LogP contribution in [-0.2, 0) is 4.74 Å². The third kappa shape index (κ3) is 4.92. The Kier molecular flexibility index (Phi) is 6.04. The summed E-state index contributed by atoms with van der Waals surface area (Å²) in [4.78, 5) is 13.9. The largest absolute Gasteiger partial charge is 0.467 e. The average Bonchev–Trinajstić information content (AvgIpc) is 2.44. The number of rotatable bonds is 6. The van der Waals surface area contributed by atoms with E-state index in [1.165, 1.54) is 0 Å². The molecule has 1 amide bonds. The maximum absolute atomic E-state index is 12.2. The van der Waals surface area contributed by atoms with Crippen LogP contribution in [0.25, 0.3) is 0 Å². The molecule has 0 aliphatic heterocycles. The molecule has 0 bridgehead atoms. The summed E-state index contributed by atoms with van der Waals surface area (Å²) in [6.07, 6.45) is 2.51. The number of ether oxygens (including phenoxy) is 1. The first-order valence-electron chi connectivity index (χ1n) is 6.74. The molecule has 0 N–H and O–H groups in total. The number of allylic oxidation sites excluding steroid dienone is 2. The molecule has 3 nitrogen and oxygen atoms in total. The number of benzene rings is 1. The second kappa shape index (κ2) is 7.53. The number of hydrogen-bond donors (Lipinski definition) is 0. The molecule has 1 aromatic carbocycles. The number of amides is 1. The fraction of sp³-hybridized carbons (Fsp3) is 0.353. The summed E-state index contributed by atoms with van der Waals surface area (Å²) < 4.78 is 5.48. The third-order valence-corrected chi connectivity index (χ3v) is 3.08. The van der Waals surface area contributed by atoms with Gasteiger partial charge < -0.3 is 9.64 Å². The highest BCUT2D eigenvalue weighted by Gasteiger charge is 2.11. The van der Waals surface area contributed by atoms with Gasteiger partial charge in [-0.1, -0.05) is 24.3 Å². The Bertz CT molecular complexity index is 500. The van der Waals surface area contributed by atoms with Crippen molar-refractivity contribution in [2.45, 2.75) is 27.2 Å². The number of aryl methyl sites for hydroxylation is 1. The monoisotopic (exact) mass is 273 g/mol. The molecule has 0 heterocycles. The molecule has 0 saturated heterocycles. The van der Waals surface area contributed by atoms with Crippen LogP contribution >= 0.6 is 0 Å². The summed E-state index contributed by atoms with van der Waals surface area (Å²) in [7, 11) is 1.79. The molecule has 0 aliphatic carbocycles. The van der Waals surface area contributed by atoms with Crippen LogP contribution in [0.5, 0.6) is 0 Å². The van der Waals surface area contributed by atoms with Crippen LogP contribution in [0.4, 0.5) is 0 Å². The Hall–Kier alpha value is -2.03. The van der Waals surface area contributed by atoms with Crippen molar-refractivity contribution in [2.24, 2.45) is 0 Å². The lowest BCUT2D eigenvalue weighted by atomic mass is 10.1. The van der Waals surface area contributed by atoms with Crippen molar-refractivity contribution in [2.75, 3.05) is 13.6 Å². The van der Waals surface area contributed by atoms with Gasteiger partial charge in [0.1, 0.15) is 0 Å². The first-order chi connectivity index (χ1) is 9.43. The molecule has 1 rings (SSSR count). The Labute approximate surface area is 121 Å². The maximum atomic E-state index is 12.2. The fourth-order valence-electron chi connectivity index (χ4n) is 1.65. The molecule has 0 fully saturated rings. The van der Waals surface area contributed by atoms with Gasteiger partial charge in [0.25, 0.3) is 5.91 Å². The zero-order valence-electron chi connectivity index (χ0n) is 12.8. The molecule has 0 aromatic heterocycles. The van der Waals surface area contributed by atoms with Gasteiger partial charge in [0, 0.05) is 25.6 Å². The highest BCUT2D eigenvalue weighted by Crippen LogP contribution is 2.10. The summed E-state index contributed by atoms with van der Waals surface area (Å²) >= 11 is 0.